The van der Waals surface area contributed by atoms with E-state index in [-0.39, 0.29) is 70.0 Å². The van der Waals surface area contributed by atoms with E-state index >= 15 is 0 Å². The molecule has 2 fully saturated rings. The van der Waals surface area contributed by atoms with Crippen molar-refractivity contribution < 1.29 is 68.8 Å². The number of imide groups is 2. The standard InChI is InChI=1S/C36H30F3N3O7S.C29H27N3O5.2CH4/c37-36(38,39)27-11-15-31(16-12-27)50(45,46)41-28-8-4-7-25(19-28)22-47-30-13-9-26(10-14-30)32(33-17-18-49-40-33)21-34(43)42-29(23-48-35(42)44)20-24-5-2-1-3-6-24;30-23-8-4-7-21(15-23)18-35-25-11-9-22(10-12-25)26(27-13-14-37-31-27)17-28(33)32-24(19-36-29(32)34)16-20-5-2-1-3-6-20;;/h1-19,29,32,41H,20-23H2;1-15,24,26H,16-19,30H2;2*1H4/t29-,32-;24-,26-;;/m00../s1. The van der Waals surface area contributed by atoms with E-state index < -0.39 is 57.7 Å². The number of carbonyl (C=O) groups is 4. The van der Waals surface area contributed by atoms with Crippen molar-refractivity contribution >= 4 is 45.4 Å². The fourth-order valence-electron chi connectivity index (χ4n) is 10.1. The van der Waals surface area contributed by atoms with Crippen molar-refractivity contribution in [1.29, 1.82) is 0 Å². The number of anilines is 2. The summed E-state index contributed by atoms with van der Waals surface area (Å²) in [6, 6.07) is 53.5. The first-order valence-electron chi connectivity index (χ1n) is 27.5. The fourth-order valence-corrected chi connectivity index (χ4v) is 11.2. The van der Waals surface area contributed by atoms with E-state index in [1.54, 1.807) is 54.6 Å². The minimum atomic E-state index is -4.58. The highest BCUT2D eigenvalue weighted by Gasteiger charge is 2.41. The predicted molar refractivity (Wildman–Crippen MR) is 325 cm³/mol. The van der Waals surface area contributed by atoms with Crippen molar-refractivity contribution in [3.63, 3.8) is 0 Å². The summed E-state index contributed by atoms with van der Waals surface area (Å²) in [6.45, 7) is 0.733. The predicted octanol–water partition coefficient (Wildman–Crippen LogP) is 13.4. The molecule has 2 saturated heterocycles. The smallest absolute Gasteiger partial charge is 0.416 e. The van der Waals surface area contributed by atoms with Crippen molar-refractivity contribution in [2.45, 2.75) is 88.7 Å². The van der Waals surface area contributed by atoms with Crippen molar-refractivity contribution in [3.05, 3.63) is 257 Å². The third-order valence-electron chi connectivity index (χ3n) is 14.5. The third kappa shape index (κ3) is 16.9. The van der Waals surface area contributed by atoms with Crippen molar-refractivity contribution in [2.24, 2.45) is 0 Å². The summed E-state index contributed by atoms with van der Waals surface area (Å²) in [7, 11) is -4.15. The molecule has 462 valence electrons. The molecule has 2 aliphatic rings. The lowest BCUT2D eigenvalue weighted by molar-refractivity contribution is -0.137. The quantitative estimate of drug-likeness (QED) is 0.0636. The Bertz CT molecular complexity index is 3880. The number of hydrogen-bond acceptors (Lipinski definition) is 15. The van der Waals surface area contributed by atoms with Gasteiger partial charge in [-0.05, 0) is 119 Å². The molecule has 11 rings (SSSR count). The fraction of sp³-hybridized carbons (Fsp3) is 0.224. The van der Waals surface area contributed by atoms with Gasteiger partial charge in [-0.3, -0.25) is 14.3 Å². The third-order valence-corrected chi connectivity index (χ3v) is 15.9. The number of halogens is 3. The number of carbonyl (C=O) groups excluding carboxylic acids is 4. The molecule has 2 aliphatic heterocycles. The van der Waals surface area contributed by atoms with E-state index in [9.17, 15) is 40.8 Å². The Kier molecular flexibility index (Phi) is 21.4. The zero-order valence-corrected chi connectivity index (χ0v) is 47.2. The molecule has 4 heterocycles. The van der Waals surface area contributed by atoms with E-state index in [1.165, 1.54) is 28.4 Å². The summed E-state index contributed by atoms with van der Waals surface area (Å²) >= 11 is 0. The molecule has 4 atom stereocenters. The van der Waals surface area contributed by atoms with Crippen LogP contribution < -0.4 is 19.9 Å². The lowest BCUT2D eigenvalue weighted by Crippen LogP contribution is -2.40. The van der Waals surface area contributed by atoms with Gasteiger partial charge in [0.2, 0.25) is 11.8 Å². The summed E-state index contributed by atoms with van der Waals surface area (Å²) in [4.78, 5) is 54.2. The van der Waals surface area contributed by atoms with Gasteiger partial charge in [-0.1, -0.05) is 134 Å². The summed E-state index contributed by atoms with van der Waals surface area (Å²) in [5, 5.41) is 8.14. The van der Waals surface area contributed by atoms with Crippen LogP contribution in [0.25, 0.3) is 0 Å². The minimum Gasteiger partial charge on any atom is -0.489 e. The number of benzene rings is 7. The molecule has 0 spiro atoms. The first kappa shape index (κ1) is 64.8. The first-order chi connectivity index (χ1) is 42.0. The molecule has 4 amide bonds. The number of alkyl halides is 3. The largest absolute Gasteiger partial charge is 0.489 e. The van der Waals surface area contributed by atoms with Crippen LogP contribution in [-0.2, 0) is 61.3 Å². The van der Waals surface area contributed by atoms with Gasteiger partial charge < -0.3 is 33.7 Å². The van der Waals surface area contributed by atoms with Gasteiger partial charge in [-0.2, -0.15) is 13.2 Å². The van der Waals surface area contributed by atoms with Crippen LogP contribution >= 0.6 is 0 Å². The van der Waals surface area contributed by atoms with Gasteiger partial charge in [0.05, 0.1) is 33.9 Å². The second-order valence-electron chi connectivity index (χ2n) is 20.5. The van der Waals surface area contributed by atoms with Gasteiger partial charge in [0.25, 0.3) is 10.0 Å². The van der Waals surface area contributed by atoms with Crippen molar-refractivity contribution in [1.82, 2.24) is 20.1 Å². The number of sulfonamides is 1. The second kappa shape index (κ2) is 29.4. The molecular formula is C67H65F3N6O12S. The molecular weight excluding hydrogens is 1170 g/mol. The molecule has 2 aromatic heterocycles. The molecule has 22 heteroatoms. The Balaban J connectivity index is 0.000000235. The number of ether oxygens (including phenoxy) is 4. The van der Waals surface area contributed by atoms with Crippen molar-refractivity contribution in [2.75, 3.05) is 23.7 Å². The molecule has 3 N–H and O–H groups in total. The average Bonchev–Trinajstić information content (AvgIpc) is 2.77. The Hall–Kier alpha value is -10.2. The number of rotatable bonds is 21. The van der Waals surface area contributed by atoms with Crippen LogP contribution in [0.5, 0.6) is 11.5 Å². The van der Waals surface area contributed by atoms with Gasteiger partial charge in [-0.25, -0.2) is 27.8 Å². The number of hydrogen-bond donors (Lipinski definition) is 2. The Morgan fingerprint density at radius 3 is 1.44 bits per heavy atom. The van der Waals surface area contributed by atoms with Gasteiger partial charge >= 0.3 is 18.4 Å². The molecule has 89 heavy (non-hydrogen) atoms. The average molecular weight is 1240 g/mol. The highest BCUT2D eigenvalue weighted by Crippen LogP contribution is 2.34. The summed E-state index contributed by atoms with van der Waals surface area (Å²) in [5.74, 6) is -0.493. The summed E-state index contributed by atoms with van der Waals surface area (Å²) in [5.41, 5.74) is 12.1. The number of nitrogens with zero attached hydrogens (tertiary/aromatic N) is 4. The molecule has 0 aliphatic carbocycles. The van der Waals surface area contributed by atoms with Crippen LogP contribution in [-0.4, -0.2) is 77.8 Å². The van der Waals surface area contributed by atoms with Crippen LogP contribution in [0, 0.1) is 0 Å². The van der Waals surface area contributed by atoms with E-state index in [1.807, 2.05) is 109 Å². The Labute approximate surface area is 513 Å². The molecule has 7 aromatic carbocycles. The van der Waals surface area contributed by atoms with Crippen LogP contribution in [0.4, 0.5) is 34.1 Å². The molecule has 0 unspecified atom stereocenters. The molecule has 0 bridgehead atoms. The van der Waals surface area contributed by atoms with E-state index in [0.717, 1.165) is 39.9 Å². The number of cyclic esters (lactones) is 2. The second-order valence-corrected chi connectivity index (χ2v) is 22.2. The van der Waals surface area contributed by atoms with E-state index in [2.05, 4.69) is 15.0 Å². The topological polar surface area (TPSA) is 236 Å². The van der Waals surface area contributed by atoms with E-state index in [0.29, 0.717) is 65.7 Å². The Morgan fingerprint density at radius 1 is 0.573 bits per heavy atom. The first-order valence-corrected chi connectivity index (χ1v) is 29.0. The SMILES string of the molecule is C.C.Nc1cccc(COc2ccc([C@H](CC(=O)N3C(=O)OC[C@@H]3Cc3ccccc3)c3ccon3)cc2)c1.O=C(C[C@@H](c1ccc(OCc2cccc(NS(=O)(=O)c3ccc(C(F)(F)F)cc3)c2)cc1)c1ccon1)N1C(=O)OC[C@@H]1Cc1ccccc1. The number of amides is 4. The Morgan fingerprint density at radius 2 is 1.01 bits per heavy atom. The lowest BCUT2D eigenvalue weighted by atomic mass is 9.91. The minimum absolute atomic E-state index is 0. The highest BCUT2D eigenvalue weighted by atomic mass is 32.2. The van der Waals surface area contributed by atoms with Crippen LogP contribution in [0.2, 0.25) is 0 Å². The van der Waals surface area contributed by atoms with Crippen LogP contribution in [0.15, 0.2) is 221 Å². The summed E-state index contributed by atoms with van der Waals surface area (Å²) < 4.78 is 99.0. The number of aromatic nitrogens is 2. The normalized spacial score (nSPS) is 15.2. The zero-order chi connectivity index (χ0) is 60.9. The maximum Gasteiger partial charge on any atom is 0.416 e. The van der Waals surface area contributed by atoms with Crippen LogP contribution in [0.1, 0.15) is 89.9 Å². The summed E-state index contributed by atoms with van der Waals surface area (Å²) in [6.07, 6.45) is -2.04. The van der Waals surface area contributed by atoms with Gasteiger partial charge in [0.1, 0.15) is 50.5 Å². The maximum atomic E-state index is 13.6. The van der Waals surface area contributed by atoms with Gasteiger partial charge in [0, 0.05) is 48.2 Å². The molecule has 9 aromatic rings. The van der Waals surface area contributed by atoms with Gasteiger partial charge in [0.15, 0.2) is 0 Å². The lowest BCUT2D eigenvalue weighted by Gasteiger charge is -2.22. The van der Waals surface area contributed by atoms with Crippen LogP contribution in [0.3, 0.4) is 0 Å². The highest BCUT2D eigenvalue weighted by molar-refractivity contribution is 7.92. The molecule has 0 radical (unpaired) electrons. The zero-order valence-electron chi connectivity index (χ0n) is 46.4. The number of nitrogens with one attached hydrogen (secondary N) is 1. The number of nitrogens with two attached hydrogens (primary N) is 1. The number of nitrogen functional groups attached to an aromatic ring is 1. The monoisotopic (exact) mass is 1230 g/mol. The van der Waals surface area contributed by atoms with E-state index in [4.69, 9.17) is 33.7 Å². The molecule has 18 nitrogen and oxygen atoms in total. The van der Waals surface area contributed by atoms with Crippen molar-refractivity contribution in [3.8, 4) is 11.5 Å². The maximum absolute atomic E-state index is 13.6. The molecule has 0 saturated carbocycles. The van der Waals surface area contributed by atoms with Gasteiger partial charge in [-0.15, -0.1) is 0 Å².